The summed E-state index contributed by atoms with van der Waals surface area (Å²) in [6, 6.07) is 3.50. The Morgan fingerprint density at radius 3 is 2.74 bits per heavy atom. The molecule has 0 radical (unpaired) electrons. The average Bonchev–Trinajstić information content (AvgIpc) is 2.87. The summed E-state index contributed by atoms with van der Waals surface area (Å²) >= 11 is 0. The van der Waals surface area contributed by atoms with Crippen LogP contribution in [0.5, 0.6) is 11.5 Å². The Bertz CT molecular complexity index is 514. The zero-order chi connectivity index (χ0) is 14.0. The highest BCUT2D eigenvalue weighted by Crippen LogP contribution is 2.28. The van der Waals surface area contributed by atoms with E-state index < -0.39 is 12.0 Å². The second-order valence-corrected chi connectivity index (χ2v) is 4.38. The number of ether oxygens (including phenoxy) is 1. The summed E-state index contributed by atoms with van der Waals surface area (Å²) in [6.45, 7) is 0.419. The van der Waals surface area contributed by atoms with Crippen LogP contribution in [-0.4, -0.2) is 46.7 Å². The third-order valence-electron chi connectivity index (χ3n) is 3.22. The lowest BCUT2D eigenvalue weighted by Gasteiger charge is -2.21. The minimum Gasteiger partial charge on any atom is -0.504 e. The smallest absolute Gasteiger partial charge is 0.326 e. The number of phenolic OH excluding ortho intramolecular Hbond substituents is 1. The van der Waals surface area contributed by atoms with Crippen molar-refractivity contribution in [3.63, 3.8) is 0 Å². The third kappa shape index (κ3) is 2.47. The van der Waals surface area contributed by atoms with Gasteiger partial charge in [0.1, 0.15) is 6.04 Å². The van der Waals surface area contributed by atoms with Gasteiger partial charge in [-0.3, -0.25) is 4.79 Å². The number of benzene rings is 1. The van der Waals surface area contributed by atoms with Crippen LogP contribution in [0.1, 0.15) is 23.2 Å². The number of phenols is 1. The van der Waals surface area contributed by atoms with Gasteiger partial charge in [-0.2, -0.15) is 0 Å². The summed E-state index contributed by atoms with van der Waals surface area (Å²) in [6.07, 6.45) is 1.13. The van der Waals surface area contributed by atoms with Gasteiger partial charge in [0, 0.05) is 12.1 Å². The largest absolute Gasteiger partial charge is 0.504 e. The first kappa shape index (κ1) is 13.2. The van der Waals surface area contributed by atoms with Crippen LogP contribution in [0.2, 0.25) is 0 Å². The SMILES string of the molecule is COc1ccc(C(=O)N2CCCC2C(=O)O)cc1O. The Morgan fingerprint density at radius 1 is 1.42 bits per heavy atom. The molecule has 1 fully saturated rings. The molecule has 1 aromatic carbocycles. The van der Waals surface area contributed by atoms with Gasteiger partial charge in [-0.25, -0.2) is 4.79 Å². The standard InChI is InChI=1S/C13H15NO5/c1-19-11-5-4-8(7-10(11)15)12(16)14-6-2-3-9(14)13(17)18/h4-5,7,9,15H,2-3,6H2,1H3,(H,17,18). The molecular weight excluding hydrogens is 250 g/mol. The van der Waals surface area contributed by atoms with E-state index in [4.69, 9.17) is 9.84 Å². The summed E-state index contributed by atoms with van der Waals surface area (Å²) in [7, 11) is 1.41. The van der Waals surface area contributed by atoms with Gasteiger partial charge in [-0.1, -0.05) is 0 Å². The van der Waals surface area contributed by atoms with Gasteiger partial charge in [-0.05, 0) is 31.0 Å². The van der Waals surface area contributed by atoms with Crippen molar-refractivity contribution in [2.75, 3.05) is 13.7 Å². The van der Waals surface area contributed by atoms with Crippen molar-refractivity contribution < 1.29 is 24.5 Å². The number of carbonyl (C=O) groups is 2. The van der Waals surface area contributed by atoms with Gasteiger partial charge in [0.2, 0.25) is 0 Å². The highest BCUT2D eigenvalue weighted by atomic mass is 16.5. The molecule has 102 valence electrons. The Labute approximate surface area is 110 Å². The molecule has 1 amide bonds. The number of nitrogens with zero attached hydrogens (tertiary/aromatic N) is 1. The van der Waals surface area contributed by atoms with E-state index in [-0.39, 0.29) is 23.0 Å². The van der Waals surface area contributed by atoms with E-state index in [1.807, 2.05) is 0 Å². The summed E-state index contributed by atoms with van der Waals surface area (Å²) < 4.78 is 4.90. The Balaban J connectivity index is 2.24. The predicted molar refractivity (Wildman–Crippen MR) is 66.4 cm³/mol. The molecule has 1 aromatic rings. The summed E-state index contributed by atoms with van der Waals surface area (Å²) in [5.74, 6) is -1.25. The second kappa shape index (κ2) is 5.17. The van der Waals surface area contributed by atoms with Crippen molar-refractivity contribution in [2.24, 2.45) is 0 Å². The number of carboxylic acid groups (broad SMARTS) is 1. The number of hydrogen-bond acceptors (Lipinski definition) is 4. The molecule has 0 aromatic heterocycles. The summed E-state index contributed by atoms with van der Waals surface area (Å²) in [4.78, 5) is 24.6. The van der Waals surface area contributed by atoms with Crippen molar-refractivity contribution in [2.45, 2.75) is 18.9 Å². The molecule has 0 bridgehead atoms. The molecular formula is C13H15NO5. The number of likely N-dealkylation sites (tertiary alicyclic amines) is 1. The van der Waals surface area contributed by atoms with E-state index in [0.717, 1.165) is 0 Å². The zero-order valence-corrected chi connectivity index (χ0v) is 10.5. The number of aliphatic carboxylic acids is 1. The van der Waals surface area contributed by atoms with Gasteiger partial charge in [-0.15, -0.1) is 0 Å². The van der Waals surface area contributed by atoms with Crippen molar-refractivity contribution in [1.82, 2.24) is 4.90 Å². The molecule has 6 heteroatoms. The van der Waals surface area contributed by atoms with Crippen LogP contribution >= 0.6 is 0 Å². The lowest BCUT2D eigenvalue weighted by molar-refractivity contribution is -0.141. The molecule has 0 saturated carbocycles. The molecule has 1 aliphatic rings. The molecule has 1 saturated heterocycles. The molecule has 1 heterocycles. The first-order chi connectivity index (χ1) is 9.04. The maximum absolute atomic E-state index is 12.2. The number of carbonyl (C=O) groups excluding carboxylic acids is 1. The van der Waals surface area contributed by atoms with Crippen molar-refractivity contribution in [3.05, 3.63) is 23.8 Å². The summed E-state index contributed by atoms with van der Waals surface area (Å²) in [5, 5.41) is 18.7. The Kier molecular flexibility index (Phi) is 3.59. The molecule has 1 atom stereocenters. The fourth-order valence-electron chi connectivity index (χ4n) is 2.26. The number of methoxy groups -OCH3 is 1. The Hall–Kier alpha value is -2.24. The molecule has 2 rings (SSSR count). The maximum atomic E-state index is 12.2. The number of amides is 1. The molecule has 2 N–H and O–H groups in total. The van der Waals surface area contributed by atoms with E-state index in [1.165, 1.54) is 30.2 Å². The number of aromatic hydroxyl groups is 1. The minimum atomic E-state index is -0.997. The molecule has 0 spiro atoms. The van der Waals surface area contributed by atoms with Crippen molar-refractivity contribution >= 4 is 11.9 Å². The van der Waals surface area contributed by atoms with Gasteiger partial charge in [0.15, 0.2) is 11.5 Å². The minimum absolute atomic E-state index is 0.139. The zero-order valence-electron chi connectivity index (χ0n) is 10.5. The van der Waals surface area contributed by atoms with Crippen molar-refractivity contribution in [1.29, 1.82) is 0 Å². The van der Waals surface area contributed by atoms with Gasteiger partial charge >= 0.3 is 5.97 Å². The normalized spacial score (nSPS) is 18.4. The fourth-order valence-corrected chi connectivity index (χ4v) is 2.26. The lowest BCUT2D eigenvalue weighted by atomic mass is 10.1. The quantitative estimate of drug-likeness (QED) is 0.854. The van der Waals surface area contributed by atoms with E-state index in [1.54, 1.807) is 0 Å². The van der Waals surface area contributed by atoms with Crippen LogP contribution < -0.4 is 4.74 Å². The van der Waals surface area contributed by atoms with Crippen LogP contribution in [0.25, 0.3) is 0 Å². The van der Waals surface area contributed by atoms with E-state index in [2.05, 4.69) is 0 Å². The first-order valence-corrected chi connectivity index (χ1v) is 5.95. The topological polar surface area (TPSA) is 87.1 Å². The molecule has 1 unspecified atom stereocenters. The second-order valence-electron chi connectivity index (χ2n) is 4.38. The van der Waals surface area contributed by atoms with Gasteiger partial charge in [0.25, 0.3) is 5.91 Å². The first-order valence-electron chi connectivity index (χ1n) is 5.95. The molecule has 19 heavy (non-hydrogen) atoms. The highest BCUT2D eigenvalue weighted by molar-refractivity contribution is 5.97. The highest BCUT2D eigenvalue weighted by Gasteiger charge is 2.34. The predicted octanol–water partition coefficient (Wildman–Crippen LogP) is 1.09. The summed E-state index contributed by atoms with van der Waals surface area (Å²) in [5.41, 5.74) is 0.256. The van der Waals surface area contributed by atoms with Crippen molar-refractivity contribution in [3.8, 4) is 11.5 Å². The van der Waals surface area contributed by atoms with E-state index >= 15 is 0 Å². The van der Waals surface area contributed by atoms with Crippen LogP contribution in [0, 0.1) is 0 Å². The fraction of sp³-hybridized carbons (Fsp3) is 0.385. The third-order valence-corrected chi connectivity index (χ3v) is 3.22. The van der Waals surface area contributed by atoms with E-state index in [0.29, 0.717) is 19.4 Å². The maximum Gasteiger partial charge on any atom is 0.326 e. The Morgan fingerprint density at radius 2 is 2.16 bits per heavy atom. The van der Waals surface area contributed by atoms with Crippen LogP contribution in [0.4, 0.5) is 0 Å². The average molecular weight is 265 g/mol. The van der Waals surface area contributed by atoms with E-state index in [9.17, 15) is 14.7 Å². The molecule has 0 aliphatic carbocycles. The van der Waals surface area contributed by atoms with Crippen LogP contribution in [0.3, 0.4) is 0 Å². The number of rotatable bonds is 3. The van der Waals surface area contributed by atoms with Crippen LogP contribution in [0.15, 0.2) is 18.2 Å². The molecule has 1 aliphatic heterocycles. The monoisotopic (exact) mass is 265 g/mol. The number of hydrogen-bond donors (Lipinski definition) is 2. The molecule has 6 nitrogen and oxygen atoms in total. The van der Waals surface area contributed by atoms with Crippen LogP contribution in [-0.2, 0) is 4.79 Å². The number of carboxylic acids is 1. The lowest BCUT2D eigenvalue weighted by Crippen LogP contribution is -2.40. The van der Waals surface area contributed by atoms with Gasteiger partial charge < -0.3 is 19.8 Å². The van der Waals surface area contributed by atoms with Gasteiger partial charge in [0.05, 0.1) is 7.11 Å².